The van der Waals surface area contributed by atoms with Crippen molar-refractivity contribution in [3.63, 3.8) is 0 Å². The van der Waals surface area contributed by atoms with Crippen molar-refractivity contribution >= 4 is 16.1 Å². The van der Waals surface area contributed by atoms with E-state index in [1.807, 2.05) is 20.8 Å². The van der Waals surface area contributed by atoms with Gasteiger partial charge < -0.3 is 14.4 Å². The van der Waals surface area contributed by atoms with E-state index < -0.39 is 15.6 Å². The van der Waals surface area contributed by atoms with Gasteiger partial charge in [0.15, 0.2) is 0 Å². The molecule has 22 heavy (non-hydrogen) atoms. The van der Waals surface area contributed by atoms with Crippen molar-refractivity contribution in [2.24, 2.45) is 5.41 Å². The van der Waals surface area contributed by atoms with Crippen LogP contribution in [-0.4, -0.2) is 63.1 Å². The summed E-state index contributed by atoms with van der Waals surface area (Å²) in [5.41, 5.74) is -0.779. The number of nitrogens with one attached hydrogen (secondary N) is 1. The summed E-state index contributed by atoms with van der Waals surface area (Å²) >= 11 is 0. The molecule has 2 fully saturated rings. The zero-order valence-corrected chi connectivity index (χ0v) is 14.5. The fourth-order valence-electron chi connectivity index (χ4n) is 2.98. The Kier molecular flexibility index (Phi) is 4.75. The highest BCUT2D eigenvalue weighted by molar-refractivity contribution is 7.89. The Morgan fingerprint density at radius 3 is 2.59 bits per heavy atom. The Morgan fingerprint density at radius 1 is 1.41 bits per heavy atom. The molecule has 1 amide bonds. The third kappa shape index (κ3) is 3.91. The number of carbonyl (C=O) groups is 1. The summed E-state index contributed by atoms with van der Waals surface area (Å²) in [6.07, 6.45) is 0.0621. The molecule has 8 heteroatoms. The molecule has 0 aliphatic carbocycles. The number of sulfonamides is 1. The summed E-state index contributed by atoms with van der Waals surface area (Å²) in [6, 6.07) is 0. The van der Waals surface area contributed by atoms with Gasteiger partial charge in [0.2, 0.25) is 10.0 Å². The van der Waals surface area contributed by atoms with Crippen LogP contribution >= 0.6 is 0 Å². The third-order valence-corrected chi connectivity index (χ3v) is 5.47. The molecule has 0 aromatic rings. The predicted molar refractivity (Wildman–Crippen MR) is 82.1 cm³/mol. The van der Waals surface area contributed by atoms with Crippen molar-refractivity contribution in [1.82, 2.24) is 9.62 Å². The fourth-order valence-corrected chi connectivity index (χ4v) is 4.38. The summed E-state index contributed by atoms with van der Waals surface area (Å²) in [4.78, 5) is 13.6. The Morgan fingerprint density at radius 2 is 2.05 bits per heavy atom. The van der Waals surface area contributed by atoms with Crippen molar-refractivity contribution in [3.8, 4) is 0 Å². The minimum Gasteiger partial charge on any atom is -0.444 e. The topological polar surface area (TPSA) is 84.9 Å². The number of ether oxygens (including phenoxy) is 2. The van der Waals surface area contributed by atoms with Crippen LogP contribution in [0.2, 0.25) is 0 Å². The SMILES string of the molecule is CCNS(=O)(=O)CC1OCCC12CN(C(=O)OC(C)(C)C)C2. The lowest BCUT2D eigenvalue weighted by Gasteiger charge is -2.49. The van der Waals surface area contributed by atoms with Gasteiger partial charge in [0, 0.05) is 31.7 Å². The smallest absolute Gasteiger partial charge is 0.410 e. The Bertz CT molecular complexity index is 520. The molecule has 2 rings (SSSR count). The van der Waals surface area contributed by atoms with Gasteiger partial charge in [-0.3, -0.25) is 0 Å². The predicted octanol–water partition coefficient (Wildman–Crippen LogP) is 0.952. The molecule has 0 bridgehead atoms. The van der Waals surface area contributed by atoms with Crippen molar-refractivity contribution in [3.05, 3.63) is 0 Å². The van der Waals surface area contributed by atoms with Gasteiger partial charge in [-0.2, -0.15) is 0 Å². The lowest BCUT2D eigenvalue weighted by atomic mass is 9.74. The van der Waals surface area contributed by atoms with Gasteiger partial charge in [0.1, 0.15) is 5.60 Å². The second kappa shape index (κ2) is 5.98. The first-order valence-corrected chi connectivity index (χ1v) is 9.29. The number of rotatable bonds is 4. The molecule has 2 aliphatic rings. The van der Waals surface area contributed by atoms with Crippen LogP contribution in [0.15, 0.2) is 0 Å². The second-order valence-electron chi connectivity index (χ2n) is 7.09. The highest BCUT2D eigenvalue weighted by Crippen LogP contribution is 2.44. The van der Waals surface area contributed by atoms with Gasteiger partial charge in [0.25, 0.3) is 0 Å². The third-order valence-electron chi connectivity index (χ3n) is 4.00. The molecule has 2 aliphatic heterocycles. The second-order valence-corrected chi connectivity index (χ2v) is 8.94. The summed E-state index contributed by atoms with van der Waals surface area (Å²) in [6.45, 7) is 9.11. The van der Waals surface area contributed by atoms with E-state index in [1.54, 1.807) is 11.8 Å². The molecule has 0 aromatic heterocycles. The fraction of sp³-hybridized carbons (Fsp3) is 0.929. The summed E-state index contributed by atoms with van der Waals surface area (Å²) in [5.74, 6) is -0.0526. The first-order chi connectivity index (χ1) is 10.1. The van der Waals surface area contributed by atoms with Crippen LogP contribution in [0.4, 0.5) is 4.79 Å². The van der Waals surface area contributed by atoms with Gasteiger partial charge in [-0.15, -0.1) is 0 Å². The van der Waals surface area contributed by atoms with Crippen molar-refractivity contribution in [2.45, 2.75) is 45.8 Å². The van der Waals surface area contributed by atoms with E-state index in [0.717, 1.165) is 6.42 Å². The van der Waals surface area contributed by atoms with E-state index in [0.29, 0.717) is 26.2 Å². The Labute approximate surface area is 132 Å². The van der Waals surface area contributed by atoms with Gasteiger partial charge in [-0.25, -0.2) is 17.9 Å². The molecule has 0 aromatic carbocycles. The monoisotopic (exact) mass is 334 g/mol. The summed E-state index contributed by atoms with van der Waals surface area (Å²) < 4.78 is 37.3. The molecule has 1 unspecified atom stereocenters. The molecule has 7 nitrogen and oxygen atoms in total. The van der Waals surface area contributed by atoms with Crippen LogP contribution in [-0.2, 0) is 19.5 Å². The molecule has 0 saturated carbocycles. The number of carbonyl (C=O) groups excluding carboxylic acids is 1. The van der Waals surface area contributed by atoms with E-state index in [9.17, 15) is 13.2 Å². The van der Waals surface area contributed by atoms with Gasteiger partial charge in [-0.05, 0) is 27.2 Å². The average Bonchev–Trinajstić information content (AvgIpc) is 2.66. The van der Waals surface area contributed by atoms with Crippen LogP contribution in [0.1, 0.15) is 34.1 Å². The number of likely N-dealkylation sites (tertiary alicyclic amines) is 1. The highest BCUT2D eigenvalue weighted by Gasteiger charge is 2.55. The van der Waals surface area contributed by atoms with E-state index in [-0.39, 0.29) is 23.4 Å². The quantitative estimate of drug-likeness (QED) is 0.827. The number of hydrogen-bond acceptors (Lipinski definition) is 5. The molecule has 2 heterocycles. The van der Waals surface area contributed by atoms with Crippen LogP contribution in [0.25, 0.3) is 0 Å². The molecular formula is C14H26N2O5S. The highest BCUT2D eigenvalue weighted by atomic mass is 32.2. The molecule has 1 N–H and O–H groups in total. The first-order valence-electron chi connectivity index (χ1n) is 7.64. The van der Waals surface area contributed by atoms with E-state index in [4.69, 9.17) is 9.47 Å². The van der Waals surface area contributed by atoms with Crippen LogP contribution < -0.4 is 4.72 Å². The van der Waals surface area contributed by atoms with Crippen LogP contribution in [0.5, 0.6) is 0 Å². The van der Waals surface area contributed by atoms with Crippen molar-refractivity contribution in [2.75, 3.05) is 32.0 Å². The van der Waals surface area contributed by atoms with Crippen molar-refractivity contribution < 1.29 is 22.7 Å². The average molecular weight is 334 g/mol. The first kappa shape index (κ1) is 17.5. The summed E-state index contributed by atoms with van der Waals surface area (Å²) in [5, 5.41) is 0. The summed E-state index contributed by atoms with van der Waals surface area (Å²) in [7, 11) is -3.34. The zero-order chi connectivity index (χ0) is 16.6. The lowest BCUT2D eigenvalue weighted by Crippen LogP contribution is -2.63. The molecule has 2 saturated heterocycles. The number of nitrogens with zero attached hydrogens (tertiary/aromatic N) is 1. The molecule has 0 radical (unpaired) electrons. The maximum absolute atomic E-state index is 12.0. The maximum Gasteiger partial charge on any atom is 0.410 e. The Hall–Kier alpha value is -0.860. The van der Waals surface area contributed by atoms with E-state index >= 15 is 0 Å². The Balaban J connectivity index is 1.94. The molecule has 128 valence electrons. The zero-order valence-electron chi connectivity index (χ0n) is 13.7. The van der Waals surface area contributed by atoms with E-state index in [1.165, 1.54) is 0 Å². The van der Waals surface area contributed by atoms with Gasteiger partial charge in [0.05, 0.1) is 11.9 Å². The van der Waals surface area contributed by atoms with Gasteiger partial charge >= 0.3 is 6.09 Å². The standard InChI is InChI=1S/C14H26N2O5S/c1-5-15-22(18,19)8-11-14(6-7-20-11)9-16(10-14)12(17)21-13(2,3)4/h11,15H,5-10H2,1-4H3. The van der Waals surface area contributed by atoms with Crippen LogP contribution in [0, 0.1) is 5.41 Å². The maximum atomic E-state index is 12.0. The number of hydrogen-bond donors (Lipinski definition) is 1. The largest absolute Gasteiger partial charge is 0.444 e. The molecule has 1 atom stereocenters. The van der Waals surface area contributed by atoms with E-state index in [2.05, 4.69) is 4.72 Å². The van der Waals surface area contributed by atoms with Gasteiger partial charge in [-0.1, -0.05) is 6.92 Å². The minimum absolute atomic E-state index is 0.0526. The van der Waals surface area contributed by atoms with Crippen LogP contribution in [0.3, 0.4) is 0 Å². The number of amides is 1. The minimum atomic E-state index is -3.34. The normalized spacial score (nSPS) is 24.4. The molecule has 1 spiro atoms. The van der Waals surface area contributed by atoms with Crippen molar-refractivity contribution in [1.29, 1.82) is 0 Å². The lowest BCUT2D eigenvalue weighted by molar-refractivity contribution is -0.0596. The molecular weight excluding hydrogens is 308 g/mol.